The number of nitrogens with one attached hydrogen (secondary N) is 1. The third-order valence-electron chi connectivity index (χ3n) is 4.31. The number of hydrogen-bond acceptors (Lipinski definition) is 5. The fourth-order valence-corrected chi connectivity index (χ4v) is 3.69. The highest BCUT2D eigenvalue weighted by Gasteiger charge is 2.15. The Morgan fingerprint density at radius 1 is 1.24 bits per heavy atom. The third-order valence-corrected chi connectivity index (χ3v) is 5.27. The van der Waals surface area contributed by atoms with Gasteiger partial charge in [0.05, 0.1) is 12.9 Å². The predicted molar refractivity (Wildman–Crippen MR) is 116 cm³/mol. The van der Waals surface area contributed by atoms with Crippen molar-refractivity contribution >= 4 is 17.7 Å². The van der Waals surface area contributed by atoms with E-state index in [1.165, 1.54) is 11.8 Å². The minimum absolute atomic E-state index is 0.0776. The van der Waals surface area contributed by atoms with Crippen LogP contribution in [0, 0.1) is 6.92 Å². The van der Waals surface area contributed by atoms with Crippen LogP contribution in [-0.2, 0) is 17.9 Å². The molecular formula is C22H24N4O2S. The average Bonchev–Trinajstić information content (AvgIpc) is 3.14. The molecule has 3 aromatic rings. The average molecular weight is 409 g/mol. The summed E-state index contributed by atoms with van der Waals surface area (Å²) in [6.45, 7) is 6.85. The summed E-state index contributed by atoms with van der Waals surface area (Å²) in [5.74, 6) is 1.70. The minimum Gasteiger partial charge on any atom is -0.496 e. The van der Waals surface area contributed by atoms with Gasteiger partial charge in [0.2, 0.25) is 5.91 Å². The Morgan fingerprint density at radius 2 is 2.07 bits per heavy atom. The van der Waals surface area contributed by atoms with Crippen LogP contribution < -0.4 is 10.1 Å². The van der Waals surface area contributed by atoms with E-state index >= 15 is 0 Å². The number of nitrogens with zero attached hydrogens (tertiary/aromatic N) is 3. The Labute approximate surface area is 175 Å². The van der Waals surface area contributed by atoms with Crippen LogP contribution in [0.5, 0.6) is 5.75 Å². The van der Waals surface area contributed by atoms with Crippen LogP contribution in [0.25, 0.3) is 11.4 Å². The first kappa shape index (κ1) is 20.7. The van der Waals surface area contributed by atoms with Crippen LogP contribution in [0.1, 0.15) is 11.1 Å². The molecule has 0 radical (unpaired) electrons. The minimum atomic E-state index is -0.0776. The molecule has 0 aliphatic rings. The zero-order valence-corrected chi connectivity index (χ0v) is 17.4. The van der Waals surface area contributed by atoms with E-state index in [4.69, 9.17) is 4.74 Å². The molecule has 2 aromatic carbocycles. The Morgan fingerprint density at radius 3 is 2.83 bits per heavy atom. The van der Waals surface area contributed by atoms with Gasteiger partial charge in [-0.3, -0.25) is 9.36 Å². The summed E-state index contributed by atoms with van der Waals surface area (Å²) >= 11 is 1.36. The molecule has 0 fully saturated rings. The predicted octanol–water partition coefficient (Wildman–Crippen LogP) is 3.86. The summed E-state index contributed by atoms with van der Waals surface area (Å²) in [6, 6.07) is 15.7. The lowest BCUT2D eigenvalue weighted by atomic mass is 10.1. The Balaban J connectivity index is 1.65. The van der Waals surface area contributed by atoms with E-state index in [-0.39, 0.29) is 11.7 Å². The molecule has 29 heavy (non-hydrogen) atoms. The number of ether oxygens (including phenoxy) is 1. The van der Waals surface area contributed by atoms with E-state index in [2.05, 4.69) is 28.2 Å². The van der Waals surface area contributed by atoms with E-state index in [0.29, 0.717) is 18.2 Å². The van der Waals surface area contributed by atoms with Gasteiger partial charge >= 0.3 is 0 Å². The van der Waals surface area contributed by atoms with Crippen molar-refractivity contribution in [3.8, 4) is 17.1 Å². The normalized spacial score (nSPS) is 10.6. The van der Waals surface area contributed by atoms with Gasteiger partial charge in [0.25, 0.3) is 0 Å². The standard InChI is InChI=1S/C22H24N4O2S/c1-4-12-26-21(17-10-7-8-16(2)13-17)24-25-22(26)29-15-20(27)23-14-18-9-5-6-11-19(18)28-3/h4-11,13H,1,12,14-15H2,2-3H3,(H,23,27). The Kier molecular flexibility index (Phi) is 7.08. The maximum atomic E-state index is 12.3. The number of carbonyl (C=O) groups is 1. The van der Waals surface area contributed by atoms with Crippen molar-refractivity contribution in [2.75, 3.05) is 12.9 Å². The molecular weight excluding hydrogens is 384 g/mol. The molecule has 1 heterocycles. The second-order valence-corrected chi connectivity index (χ2v) is 7.39. The number of amides is 1. The molecule has 1 aromatic heterocycles. The summed E-state index contributed by atoms with van der Waals surface area (Å²) < 4.78 is 7.29. The maximum absolute atomic E-state index is 12.3. The van der Waals surface area contributed by atoms with Crippen molar-refractivity contribution in [1.29, 1.82) is 0 Å². The van der Waals surface area contributed by atoms with Gasteiger partial charge in [-0.2, -0.15) is 0 Å². The second-order valence-electron chi connectivity index (χ2n) is 6.45. The zero-order chi connectivity index (χ0) is 20.6. The zero-order valence-electron chi connectivity index (χ0n) is 16.6. The lowest BCUT2D eigenvalue weighted by molar-refractivity contribution is -0.118. The number of para-hydroxylation sites is 1. The van der Waals surface area contributed by atoms with Gasteiger partial charge in [0.15, 0.2) is 11.0 Å². The van der Waals surface area contributed by atoms with Gasteiger partial charge in [-0.25, -0.2) is 0 Å². The third kappa shape index (κ3) is 5.26. The molecule has 7 heteroatoms. The van der Waals surface area contributed by atoms with E-state index < -0.39 is 0 Å². The number of allylic oxidation sites excluding steroid dienone is 1. The van der Waals surface area contributed by atoms with E-state index in [1.54, 1.807) is 13.2 Å². The molecule has 6 nitrogen and oxygen atoms in total. The molecule has 150 valence electrons. The number of carbonyl (C=O) groups excluding carboxylic acids is 1. The van der Waals surface area contributed by atoms with Gasteiger partial charge in [-0.15, -0.1) is 16.8 Å². The van der Waals surface area contributed by atoms with Crippen molar-refractivity contribution in [1.82, 2.24) is 20.1 Å². The summed E-state index contributed by atoms with van der Waals surface area (Å²) in [5.41, 5.74) is 3.08. The lowest BCUT2D eigenvalue weighted by Gasteiger charge is -2.10. The second kappa shape index (κ2) is 9.93. The summed E-state index contributed by atoms with van der Waals surface area (Å²) in [4.78, 5) is 12.3. The number of benzene rings is 2. The SMILES string of the molecule is C=CCn1c(SCC(=O)NCc2ccccc2OC)nnc1-c1cccc(C)c1. The summed E-state index contributed by atoms with van der Waals surface area (Å²) in [5, 5.41) is 12.2. The highest BCUT2D eigenvalue weighted by molar-refractivity contribution is 7.99. The summed E-state index contributed by atoms with van der Waals surface area (Å²) in [7, 11) is 1.62. The number of aryl methyl sites for hydroxylation is 1. The summed E-state index contributed by atoms with van der Waals surface area (Å²) in [6.07, 6.45) is 1.80. The molecule has 0 aliphatic carbocycles. The quantitative estimate of drug-likeness (QED) is 0.430. The molecule has 0 unspecified atom stereocenters. The highest BCUT2D eigenvalue weighted by atomic mass is 32.2. The molecule has 1 amide bonds. The van der Waals surface area contributed by atoms with E-state index in [0.717, 1.165) is 28.3 Å². The van der Waals surface area contributed by atoms with E-state index in [1.807, 2.05) is 54.0 Å². The Bertz CT molecular complexity index is 1000. The molecule has 0 bridgehead atoms. The lowest BCUT2D eigenvalue weighted by Crippen LogP contribution is -2.25. The smallest absolute Gasteiger partial charge is 0.230 e. The molecule has 0 saturated carbocycles. The van der Waals surface area contributed by atoms with Crippen molar-refractivity contribution in [3.63, 3.8) is 0 Å². The highest BCUT2D eigenvalue weighted by Crippen LogP contribution is 2.25. The van der Waals surface area contributed by atoms with Gasteiger partial charge in [-0.1, -0.05) is 59.8 Å². The molecule has 0 saturated heterocycles. The van der Waals surface area contributed by atoms with Crippen LogP contribution in [0.2, 0.25) is 0 Å². The van der Waals surface area contributed by atoms with Gasteiger partial charge in [0.1, 0.15) is 5.75 Å². The number of aromatic nitrogens is 3. The Hall–Kier alpha value is -3.06. The molecule has 0 atom stereocenters. The number of rotatable bonds is 9. The maximum Gasteiger partial charge on any atom is 0.230 e. The van der Waals surface area contributed by atoms with Crippen molar-refractivity contribution in [3.05, 3.63) is 72.3 Å². The number of thioether (sulfide) groups is 1. The van der Waals surface area contributed by atoms with Crippen LogP contribution in [-0.4, -0.2) is 33.5 Å². The van der Waals surface area contributed by atoms with Crippen molar-refractivity contribution < 1.29 is 9.53 Å². The largest absolute Gasteiger partial charge is 0.496 e. The number of hydrogen-bond donors (Lipinski definition) is 1. The fraction of sp³-hybridized carbons (Fsp3) is 0.227. The molecule has 0 aliphatic heterocycles. The van der Waals surface area contributed by atoms with Gasteiger partial charge in [-0.05, 0) is 19.1 Å². The topological polar surface area (TPSA) is 69.0 Å². The first-order chi connectivity index (χ1) is 14.1. The van der Waals surface area contributed by atoms with Gasteiger partial charge in [0, 0.05) is 24.2 Å². The van der Waals surface area contributed by atoms with Crippen LogP contribution in [0.3, 0.4) is 0 Å². The first-order valence-electron chi connectivity index (χ1n) is 9.25. The fourth-order valence-electron chi connectivity index (χ4n) is 2.91. The monoisotopic (exact) mass is 408 g/mol. The molecule has 0 spiro atoms. The van der Waals surface area contributed by atoms with Crippen LogP contribution >= 0.6 is 11.8 Å². The number of methoxy groups -OCH3 is 1. The van der Waals surface area contributed by atoms with Crippen LogP contribution in [0.15, 0.2) is 66.3 Å². The first-order valence-corrected chi connectivity index (χ1v) is 10.2. The van der Waals surface area contributed by atoms with Crippen molar-refractivity contribution in [2.24, 2.45) is 0 Å². The van der Waals surface area contributed by atoms with Gasteiger partial charge < -0.3 is 10.1 Å². The molecule has 3 rings (SSSR count). The van der Waals surface area contributed by atoms with Crippen molar-refractivity contribution in [2.45, 2.75) is 25.2 Å². The van der Waals surface area contributed by atoms with Crippen LogP contribution in [0.4, 0.5) is 0 Å². The molecule has 1 N–H and O–H groups in total. The van der Waals surface area contributed by atoms with E-state index in [9.17, 15) is 4.79 Å².